The van der Waals surface area contributed by atoms with Crippen LogP contribution in [0.25, 0.3) is 22.0 Å². The normalized spacial score (nSPS) is 13.0. The zero-order chi connectivity index (χ0) is 29.6. The van der Waals surface area contributed by atoms with Gasteiger partial charge in [-0.05, 0) is 18.7 Å². The zero-order valence-electron chi connectivity index (χ0n) is 23.9. The maximum atomic E-state index is 14.1. The van der Waals surface area contributed by atoms with Gasteiger partial charge >= 0.3 is 0 Å². The molecule has 0 unspecified atom stereocenters. The molecule has 1 aliphatic rings. The van der Waals surface area contributed by atoms with Gasteiger partial charge in [0.1, 0.15) is 17.3 Å². The van der Waals surface area contributed by atoms with Gasteiger partial charge < -0.3 is 24.3 Å². The minimum atomic E-state index is -0.252. The summed E-state index contributed by atoms with van der Waals surface area (Å²) in [5, 5.41) is 4.23. The van der Waals surface area contributed by atoms with Crippen molar-refractivity contribution < 1.29 is 14.3 Å². The Morgan fingerprint density at radius 1 is 1.18 bits per heavy atom. The Hall–Kier alpha value is -3.27. The van der Waals surface area contributed by atoms with Crippen LogP contribution in [-0.2, 0) is 11.3 Å². The third kappa shape index (κ3) is 6.06. The number of anilines is 1. The maximum absolute atomic E-state index is 14.1. The van der Waals surface area contributed by atoms with Crippen molar-refractivity contribution in [2.45, 2.75) is 33.4 Å². The van der Waals surface area contributed by atoms with Crippen LogP contribution in [-0.4, -0.2) is 78.7 Å². The van der Waals surface area contributed by atoms with Gasteiger partial charge in [0.15, 0.2) is 0 Å². The van der Waals surface area contributed by atoms with Crippen LogP contribution < -0.4 is 20.3 Å². The number of amides is 1. The predicted molar refractivity (Wildman–Crippen MR) is 163 cm³/mol. The van der Waals surface area contributed by atoms with Crippen molar-refractivity contribution in [3.8, 4) is 22.6 Å². The number of likely N-dealkylation sites (tertiary alicyclic amines) is 1. The second-order valence-corrected chi connectivity index (χ2v) is 9.66. The third-order valence-electron chi connectivity index (χ3n) is 6.96. The number of benzene rings is 1. The SMILES string of the molecule is C=CC(=O)N1CC(N(CC)CCn2c(=O)c(-c3c(Cl)c(OC)cc(OC)c3Cl)cc3cnc(NC)cc32)C1.CC. The van der Waals surface area contributed by atoms with Crippen molar-refractivity contribution in [2.75, 3.05) is 52.8 Å². The summed E-state index contributed by atoms with van der Waals surface area (Å²) >= 11 is 13.4. The molecule has 3 aromatic rings. The summed E-state index contributed by atoms with van der Waals surface area (Å²) in [6, 6.07) is 5.40. The molecule has 0 spiro atoms. The van der Waals surface area contributed by atoms with Crippen LogP contribution in [0.1, 0.15) is 20.8 Å². The number of methoxy groups -OCH3 is 2. The van der Waals surface area contributed by atoms with Gasteiger partial charge in [-0.3, -0.25) is 14.5 Å². The zero-order valence-corrected chi connectivity index (χ0v) is 25.4. The Morgan fingerprint density at radius 3 is 2.33 bits per heavy atom. The first-order chi connectivity index (χ1) is 19.3. The second-order valence-electron chi connectivity index (χ2n) is 8.91. The van der Waals surface area contributed by atoms with E-state index in [1.165, 1.54) is 20.3 Å². The van der Waals surface area contributed by atoms with E-state index in [0.717, 1.165) is 17.4 Å². The van der Waals surface area contributed by atoms with E-state index in [9.17, 15) is 9.59 Å². The number of halogens is 2. The average molecular weight is 591 g/mol. The lowest BCUT2D eigenvalue weighted by molar-refractivity contribution is -0.133. The number of rotatable bonds is 10. The Labute approximate surface area is 245 Å². The number of hydrogen-bond acceptors (Lipinski definition) is 7. The first-order valence-electron chi connectivity index (χ1n) is 13.2. The number of ether oxygens (including phenoxy) is 2. The van der Waals surface area contributed by atoms with E-state index in [0.29, 0.717) is 54.6 Å². The van der Waals surface area contributed by atoms with E-state index in [4.69, 9.17) is 32.7 Å². The standard InChI is InChI=1S/C27H31Cl2N5O4.C2H6/c1-6-23(35)33-14-17(15-33)32(7-2)8-9-34-19-11-22(30-3)31-13-16(19)10-18(27(34)36)24-25(28)20(37-4)12-21(38-5)26(24)29;1-2/h6,10-13,17H,1,7-9,14-15H2,2-5H3,(H,30,31);1-2H3. The highest BCUT2D eigenvalue weighted by Gasteiger charge is 2.33. The summed E-state index contributed by atoms with van der Waals surface area (Å²) in [6.45, 7) is 12.7. The van der Waals surface area contributed by atoms with Crippen LogP contribution in [0.2, 0.25) is 10.0 Å². The molecule has 3 heterocycles. The topological polar surface area (TPSA) is 88.9 Å². The van der Waals surface area contributed by atoms with Crippen molar-refractivity contribution in [2.24, 2.45) is 0 Å². The molecular weight excluding hydrogens is 553 g/mol. The molecule has 1 N–H and O–H groups in total. The summed E-state index contributed by atoms with van der Waals surface area (Å²) in [5.74, 6) is 1.26. The third-order valence-corrected chi connectivity index (χ3v) is 7.71. The first-order valence-corrected chi connectivity index (χ1v) is 14.0. The van der Waals surface area contributed by atoms with Crippen LogP contribution in [0.5, 0.6) is 11.5 Å². The van der Waals surface area contributed by atoms with Crippen molar-refractivity contribution >= 4 is 45.8 Å². The van der Waals surface area contributed by atoms with Gasteiger partial charge in [-0.2, -0.15) is 0 Å². The molecular formula is C29H37Cl2N5O4. The van der Waals surface area contributed by atoms with E-state index in [1.54, 1.807) is 34.8 Å². The molecule has 1 amide bonds. The van der Waals surface area contributed by atoms with Crippen LogP contribution in [0.4, 0.5) is 5.82 Å². The summed E-state index contributed by atoms with van der Waals surface area (Å²) < 4.78 is 12.6. The van der Waals surface area contributed by atoms with E-state index in [1.807, 2.05) is 19.9 Å². The van der Waals surface area contributed by atoms with Crippen LogP contribution >= 0.6 is 23.2 Å². The average Bonchev–Trinajstić information content (AvgIpc) is 2.95. The highest BCUT2D eigenvalue weighted by atomic mass is 35.5. The van der Waals surface area contributed by atoms with Crippen molar-refractivity contribution in [3.63, 3.8) is 0 Å². The van der Waals surface area contributed by atoms with E-state index < -0.39 is 0 Å². The number of aromatic nitrogens is 2. The summed E-state index contributed by atoms with van der Waals surface area (Å²) in [4.78, 5) is 34.4. The Bertz CT molecular complexity index is 1410. The number of likely N-dealkylation sites (N-methyl/N-ethyl adjacent to an activating group) is 1. The fraction of sp³-hybridized carbons (Fsp3) is 0.414. The number of fused-ring (bicyclic) bond motifs is 1. The monoisotopic (exact) mass is 589 g/mol. The molecule has 40 heavy (non-hydrogen) atoms. The number of nitrogens with zero attached hydrogens (tertiary/aromatic N) is 4. The number of hydrogen-bond donors (Lipinski definition) is 1. The highest BCUT2D eigenvalue weighted by molar-refractivity contribution is 6.41. The van der Waals surface area contributed by atoms with Crippen LogP contribution in [0, 0.1) is 0 Å². The molecule has 0 saturated carbocycles. The molecule has 0 bridgehead atoms. The van der Waals surface area contributed by atoms with Gasteiger partial charge in [0, 0.05) is 68.5 Å². The molecule has 1 saturated heterocycles. The fourth-order valence-electron chi connectivity index (χ4n) is 4.75. The molecule has 216 valence electrons. The van der Waals surface area contributed by atoms with E-state index in [2.05, 4.69) is 28.7 Å². The maximum Gasteiger partial charge on any atom is 0.259 e. The van der Waals surface area contributed by atoms with Crippen molar-refractivity contribution in [1.82, 2.24) is 19.4 Å². The van der Waals surface area contributed by atoms with Gasteiger partial charge in [0.05, 0.1) is 35.3 Å². The Morgan fingerprint density at radius 2 is 1.80 bits per heavy atom. The van der Waals surface area contributed by atoms with E-state index in [-0.39, 0.29) is 27.6 Å². The summed E-state index contributed by atoms with van der Waals surface area (Å²) in [7, 11) is 4.76. The van der Waals surface area contributed by atoms with Gasteiger partial charge in [-0.15, -0.1) is 0 Å². The minimum Gasteiger partial charge on any atom is -0.495 e. The number of carbonyl (C=O) groups excluding carboxylic acids is 1. The molecule has 0 atom stereocenters. The molecule has 2 aromatic heterocycles. The first kappa shape index (κ1) is 31.3. The Kier molecular flexibility index (Phi) is 10.8. The van der Waals surface area contributed by atoms with Crippen molar-refractivity contribution in [3.05, 3.63) is 57.4 Å². The molecule has 0 aliphatic carbocycles. The number of nitrogens with one attached hydrogen (secondary N) is 1. The lowest BCUT2D eigenvalue weighted by atomic mass is 10.0. The van der Waals surface area contributed by atoms with Crippen molar-refractivity contribution in [1.29, 1.82) is 0 Å². The number of pyridine rings is 2. The summed E-state index contributed by atoms with van der Waals surface area (Å²) in [5.41, 5.74) is 1.14. The molecule has 11 heteroatoms. The lowest BCUT2D eigenvalue weighted by Crippen LogP contribution is -2.61. The largest absolute Gasteiger partial charge is 0.495 e. The van der Waals surface area contributed by atoms with Gasteiger partial charge in [-0.25, -0.2) is 4.98 Å². The highest BCUT2D eigenvalue weighted by Crippen LogP contribution is 2.45. The molecule has 1 aromatic carbocycles. The molecule has 1 aliphatic heterocycles. The Balaban J connectivity index is 0.00000216. The molecule has 4 rings (SSSR count). The van der Waals surface area contributed by atoms with Crippen LogP contribution in [0.15, 0.2) is 41.8 Å². The molecule has 9 nitrogen and oxygen atoms in total. The molecule has 0 radical (unpaired) electrons. The minimum absolute atomic E-state index is 0.0678. The quantitative estimate of drug-likeness (QED) is 0.326. The lowest BCUT2D eigenvalue weighted by Gasteiger charge is -2.44. The van der Waals surface area contributed by atoms with Gasteiger partial charge in [0.2, 0.25) is 5.91 Å². The second kappa shape index (κ2) is 13.9. The fourth-order valence-corrected chi connectivity index (χ4v) is 5.46. The smallest absolute Gasteiger partial charge is 0.259 e. The van der Waals surface area contributed by atoms with Gasteiger partial charge in [0.25, 0.3) is 5.56 Å². The predicted octanol–water partition coefficient (Wildman–Crippen LogP) is 5.17. The molecule has 1 fully saturated rings. The number of carbonyl (C=O) groups is 1. The van der Waals surface area contributed by atoms with Crippen LogP contribution in [0.3, 0.4) is 0 Å². The van der Waals surface area contributed by atoms with E-state index >= 15 is 0 Å². The summed E-state index contributed by atoms with van der Waals surface area (Å²) in [6.07, 6.45) is 3.04. The van der Waals surface area contributed by atoms with Gasteiger partial charge in [-0.1, -0.05) is 50.6 Å².